The summed E-state index contributed by atoms with van der Waals surface area (Å²) in [4.78, 5) is 19.4. The first-order chi connectivity index (χ1) is 13.8. The molecule has 1 amide bonds. The molecule has 2 aromatic heterocycles. The summed E-state index contributed by atoms with van der Waals surface area (Å²) >= 11 is 1.49. The summed E-state index contributed by atoms with van der Waals surface area (Å²) in [5.74, 6) is 2.66. The van der Waals surface area contributed by atoms with Crippen molar-refractivity contribution in [1.29, 1.82) is 0 Å². The highest BCUT2D eigenvalue weighted by Crippen LogP contribution is 2.43. The first-order valence-electron chi connectivity index (χ1n) is 9.43. The molecule has 3 aromatic rings. The van der Waals surface area contributed by atoms with Crippen molar-refractivity contribution in [1.82, 2.24) is 25.4 Å². The van der Waals surface area contributed by atoms with E-state index in [0.717, 1.165) is 30.6 Å². The fourth-order valence-electron chi connectivity index (χ4n) is 4.32. The molecule has 2 fully saturated rings. The molecule has 7 nitrogen and oxygen atoms in total. The molecule has 2 saturated heterocycles. The number of aromatic amines is 1. The third-order valence-corrected chi connectivity index (χ3v) is 6.48. The molecule has 1 aromatic carbocycles. The first kappa shape index (κ1) is 17.5. The summed E-state index contributed by atoms with van der Waals surface area (Å²) < 4.78 is 5.87. The van der Waals surface area contributed by atoms with Crippen LogP contribution in [0.2, 0.25) is 0 Å². The van der Waals surface area contributed by atoms with Crippen LogP contribution >= 0.6 is 11.8 Å². The minimum Gasteiger partial charge on any atom is -0.455 e. The van der Waals surface area contributed by atoms with E-state index in [2.05, 4.69) is 32.6 Å². The number of fused-ring (bicyclic) bond motifs is 1. The van der Waals surface area contributed by atoms with Crippen LogP contribution < -0.4 is 5.32 Å². The van der Waals surface area contributed by atoms with Crippen LogP contribution in [0.5, 0.6) is 0 Å². The van der Waals surface area contributed by atoms with Gasteiger partial charge in [-0.25, -0.2) is 4.98 Å². The van der Waals surface area contributed by atoms with Crippen molar-refractivity contribution in [2.24, 2.45) is 11.8 Å². The Morgan fingerprint density at radius 2 is 2.11 bits per heavy atom. The van der Waals surface area contributed by atoms with Gasteiger partial charge in [-0.05, 0) is 23.6 Å². The van der Waals surface area contributed by atoms with Crippen molar-refractivity contribution < 1.29 is 9.21 Å². The molecule has 0 aliphatic carbocycles. The summed E-state index contributed by atoms with van der Waals surface area (Å²) in [5, 5.41) is 10.8. The van der Waals surface area contributed by atoms with Crippen LogP contribution in [-0.2, 0) is 5.75 Å². The molecular formula is C20H21N5O2S. The van der Waals surface area contributed by atoms with Crippen LogP contribution in [0, 0.1) is 11.8 Å². The Morgan fingerprint density at radius 3 is 2.93 bits per heavy atom. The average Bonchev–Trinajstić information content (AvgIpc) is 3.51. The molecule has 2 aliphatic rings. The number of hydrogen-bond donors (Lipinski definition) is 2. The van der Waals surface area contributed by atoms with Crippen LogP contribution in [0.15, 0.2) is 58.4 Å². The van der Waals surface area contributed by atoms with E-state index in [1.807, 2.05) is 29.2 Å². The standard InChI is InChI=1S/C20H21N5O2S/c26-19(17-7-6-15(27-17)11-28-20-22-12-23-24-20)25-10-14-8-21-9-16(14)18(25)13-4-2-1-3-5-13/h1-7,12,14,16,18,21H,8-11H2,(H,22,23,24)/t14-,16-,18-/m0/s1. The van der Waals surface area contributed by atoms with E-state index in [-0.39, 0.29) is 11.9 Å². The number of amides is 1. The minimum atomic E-state index is -0.0285. The lowest BCUT2D eigenvalue weighted by Gasteiger charge is -2.27. The van der Waals surface area contributed by atoms with Crippen molar-refractivity contribution in [3.05, 3.63) is 65.9 Å². The predicted molar refractivity (Wildman–Crippen MR) is 105 cm³/mol. The van der Waals surface area contributed by atoms with E-state index in [4.69, 9.17) is 4.42 Å². The molecule has 0 saturated carbocycles. The highest BCUT2D eigenvalue weighted by molar-refractivity contribution is 7.98. The second kappa shape index (κ2) is 7.44. The Balaban J connectivity index is 1.35. The molecule has 5 rings (SSSR count). The van der Waals surface area contributed by atoms with Gasteiger partial charge in [0.1, 0.15) is 12.1 Å². The number of nitrogens with one attached hydrogen (secondary N) is 2. The lowest BCUT2D eigenvalue weighted by molar-refractivity contribution is 0.0680. The van der Waals surface area contributed by atoms with Crippen LogP contribution in [0.1, 0.15) is 27.9 Å². The van der Waals surface area contributed by atoms with Crippen molar-refractivity contribution in [2.75, 3.05) is 19.6 Å². The molecule has 28 heavy (non-hydrogen) atoms. The maximum Gasteiger partial charge on any atom is 0.290 e. The van der Waals surface area contributed by atoms with Gasteiger partial charge in [0.25, 0.3) is 5.91 Å². The number of thioether (sulfide) groups is 1. The van der Waals surface area contributed by atoms with Gasteiger partial charge in [0.05, 0.1) is 11.8 Å². The lowest BCUT2D eigenvalue weighted by atomic mass is 9.89. The van der Waals surface area contributed by atoms with Crippen molar-refractivity contribution >= 4 is 17.7 Å². The van der Waals surface area contributed by atoms with E-state index < -0.39 is 0 Å². The van der Waals surface area contributed by atoms with Gasteiger partial charge in [-0.1, -0.05) is 42.1 Å². The van der Waals surface area contributed by atoms with Crippen LogP contribution in [0.3, 0.4) is 0 Å². The highest BCUT2D eigenvalue weighted by atomic mass is 32.2. The molecule has 0 bridgehead atoms. The third kappa shape index (κ3) is 3.22. The molecule has 144 valence electrons. The second-order valence-corrected chi connectivity index (χ2v) is 8.20. The van der Waals surface area contributed by atoms with Gasteiger partial charge >= 0.3 is 0 Å². The van der Waals surface area contributed by atoms with Gasteiger partial charge in [-0.3, -0.25) is 9.89 Å². The van der Waals surface area contributed by atoms with Gasteiger partial charge in [0.15, 0.2) is 10.9 Å². The Labute approximate surface area is 166 Å². The zero-order chi connectivity index (χ0) is 18.9. The zero-order valence-corrected chi connectivity index (χ0v) is 16.1. The van der Waals surface area contributed by atoms with E-state index in [0.29, 0.717) is 23.3 Å². The molecular weight excluding hydrogens is 374 g/mol. The molecule has 0 radical (unpaired) electrons. The number of carbonyl (C=O) groups is 1. The maximum atomic E-state index is 13.3. The molecule has 2 aliphatic heterocycles. The highest BCUT2D eigenvalue weighted by Gasteiger charge is 2.47. The number of hydrogen-bond acceptors (Lipinski definition) is 6. The lowest BCUT2D eigenvalue weighted by Crippen LogP contribution is -2.34. The van der Waals surface area contributed by atoms with Gasteiger partial charge in [-0.2, -0.15) is 5.10 Å². The number of rotatable bonds is 5. The summed E-state index contributed by atoms with van der Waals surface area (Å²) in [6, 6.07) is 14.1. The van der Waals surface area contributed by atoms with E-state index in [1.165, 1.54) is 23.7 Å². The summed E-state index contributed by atoms with van der Waals surface area (Å²) in [7, 11) is 0. The summed E-state index contributed by atoms with van der Waals surface area (Å²) in [6.45, 7) is 2.68. The largest absolute Gasteiger partial charge is 0.455 e. The van der Waals surface area contributed by atoms with E-state index >= 15 is 0 Å². The molecule has 8 heteroatoms. The predicted octanol–water partition coefficient (Wildman–Crippen LogP) is 2.72. The molecule has 2 N–H and O–H groups in total. The fourth-order valence-corrected chi connectivity index (χ4v) is 5.00. The smallest absolute Gasteiger partial charge is 0.290 e. The number of benzene rings is 1. The average molecular weight is 395 g/mol. The quantitative estimate of drug-likeness (QED) is 0.646. The molecule has 4 heterocycles. The number of aromatic nitrogens is 3. The van der Waals surface area contributed by atoms with E-state index in [1.54, 1.807) is 6.07 Å². The number of furan rings is 1. The monoisotopic (exact) mass is 395 g/mol. The fraction of sp³-hybridized carbons (Fsp3) is 0.350. The van der Waals surface area contributed by atoms with Crippen molar-refractivity contribution in [3.8, 4) is 0 Å². The topological polar surface area (TPSA) is 87.0 Å². The molecule has 0 spiro atoms. The van der Waals surface area contributed by atoms with Crippen molar-refractivity contribution in [3.63, 3.8) is 0 Å². The van der Waals surface area contributed by atoms with E-state index in [9.17, 15) is 4.79 Å². The van der Waals surface area contributed by atoms with Crippen LogP contribution in [-0.4, -0.2) is 45.6 Å². The number of nitrogens with zero attached hydrogens (tertiary/aromatic N) is 3. The van der Waals surface area contributed by atoms with Gasteiger partial charge < -0.3 is 14.6 Å². The van der Waals surface area contributed by atoms with Gasteiger partial charge in [0, 0.05) is 25.6 Å². The molecule has 0 unspecified atom stereocenters. The second-order valence-electron chi connectivity index (χ2n) is 7.24. The molecule has 3 atom stereocenters. The van der Waals surface area contributed by atoms with Crippen LogP contribution in [0.4, 0.5) is 0 Å². The normalized spacial score (nSPS) is 23.9. The maximum absolute atomic E-state index is 13.3. The number of carbonyl (C=O) groups excluding carboxylic acids is 1. The Bertz CT molecular complexity index is 943. The third-order valence-electron chi connectivity index (χ3n) is 5.58. The minimum absolute atomic E-state index is 0.0285. The number of H-pyrrole nitrogens is 1. The zero-order valence-electron chi connectivity index (χ0n) is 15.2. The number of likely N-dealkylation sites (tertiary alicyclic amines) is 1. The first-order valence-corrected chi connectivity index (χ1v) is 10.4. The van der Waals surface area contributed by atoms with Gasteiger partial charge in [-0.15, -0.1) is 0 Å². The SMILES string of the molecule is O=C(c1ccc(CSc2ncn[nH]2)o1)N1C[C@@H]2CNC[C@@H]2[C@@H]1c1ccccc1. The van der Waals surface area contributed by atoms with Crippen molar-refractivity contribution in [2.45, 2.75) is 17.0 Å². The summed E-state index contributed by atoms with van der Waals surface area (Å²) in [6.07, 6.45) is 1.47. The Morgan fingerprint density at radius 1 is 1.21 bits per heavy atom. The Hall–Kier alpha value is -2.58. The Kier molecular flexibility index (Phi) is 4.66. The summed E-state index contributed by atoms with van der Waals surface area (Å²) in [5.41, 5.74) is 1.19. The van der Waals surface area contributed by atoms with Crippen LogP contribution in [0.25, 0.3) is 0 Å². The van der Waals surface area contributed by atoms with Gasteiger partial charge in [0.2, 0.25) is 0 Å².